The summed E-state index contributed by atoms with van der Waals surface area (Å²) >= 11 is 0. The van der Waals surface area contributed by atoms with Gasteiger partial charge >= 0.3 is 0 Å². The van der Waals surface area contributed by atoms with Crippen LogP contribution in [-0.4, -0.2) is 26.5 Å². The second-order valence-corrected chi connectivity index (χ2v) is 3.73. The maximum absolute atomic E-state index is 11.1. The van der Waals surface area contributed by atoms with Crippen LogP contribution in [0, 0.1) is 11.3 Å². The first-order chi connectivity index (χ1) is 8.08. The van der Waals surface area contributed by atoms with E-state index in [1.807, 2.05) is 18.0 Å². The highest BCUT2D eigenvalue weighted by Crippen LogP contribution is 2.23. The first kappa shape index (κ1) is 12.8. The quantitative estimate of drug-likeness (QED) is 0.749. The Balaban J connectivity index is 2.73. The molecule has 0 atom stereocenters. The fourth-order valence-electron chi connectivity index (χ4n) is 1.49. The average Bonchev–Trinajstić information content (AvgIpc) is 2.35. The fourth-order valence-corrected chi connectivity index (χ4v) is 1.49. The lowest BCUT2D eigenvalue weighted by Gasteiger charge is -2.20. The molecule has 0 saturated carbocycles. The van der Waals surface area contributed by atoms with Crippen molar-refractivity contribution in [2.75, 3.05) is 31.3 Å². The van der Waals surface area contributed by atoms with Crippen LogP contribution in [0.5, 0.6) is 0 Å². The van der Waals surface area contributed by atoms with Gasteiger partial charge in [-0.2, -0.15) is 5.26 Å². The van der Waals surface area contributed by atoms with E-state index in [-0.39, 0.29) is 5.91 Å². The minimum atomic E-state index is -0.0101. The fraction of sp³-hybridized carbons (Fsp3) is 0.333. The van der Waals surface area contributed by atoms with Gasteiger partial charge in [-0.15, -0.1) is 0 Å². The average molecular weight is 232 g/mol. The first-order valence-electron chi connectivity index (χ1n) is 5.30. The zero-order valence-electron chi connectivity index (χ0n) is 10.0. The molecule has 17 heavy (non-hydrogen) atoms. The van der Waals surface area contributed by atoms with Gasteiger partial charge in [0.2, 0.25) is 5.91 Å². The van der Waals surface area contributed by atoms with E-state index >= 15 is 0 Å². The molecule has 0 heterocycles. The lowest BCUT2D eigenvalue weighted by molar-refractivity contribution is -0.120. The topological polar surface area (TPSA) is 82.2 Å². The summed E-state index contributed by atoms with van der Waals surface area (Å²) in [6.45, 7) is 0.579. The molecule has 90 valence electrons. The van der Waals surface area contributed by atoms with Crippen molar-refractivity contribution < 1.29 is 4.79 Å². The number of anilines is 2. The van der Waals surface area contributed by atoms with Gasteiger partial charge in [-0.25, -0.2) is 0 Å². The third kappa shape index (κ3) is 3.38. The van der Waals surface area contributed by atoms with Crippen LogP contribution in [0.3, 0.4) is 0 Å². The Labute approximate surface area is 101 Å². The smallest absolute Gasteiger partial charge is 0.221 e. The molecule has 0 saturated heterocycles. The molecule has 0 aliphatic carbocycles. The van der Waals surface area contributed by atoms with Crippen LogP contribution in [0.2, 0.25) is 0 Å². The summed E-state index contributed by atoms with van der Waals surface area (Å²) in [5.41, 5.74) is 7.75. The Hall–Kier alpha value is -2.22. The van der Waals surface area contributed by atoms with Gasteiger partial charge in [0.1, 0.15) is 0 Å². The number of hydrogen-bond donors (Lipinski definition) is 2. The monoisotopic (exact) mass is 232 g/mol. The maximum Gasteiger partial charge on any atom is 0.221 e. The minimum absolute atomic E-state index is 0.0101. The summed E-state index contributed by atoms with van der Waals surface area (Å²) in [7, 11) is 3.47. The van der Waals surface area contributed by atoms with E-state index in [4.69, 9.17) is 11.0 Å². The Morgan fingerprint density at radius 3 is 2.82 bits per heavy atom. The molecule has 5 heteroatoms. The molecule has 0 spiro atoms. The molecule has 0 aliphatic heterocycles. The van der Waals surface area contributed by atoms with Crippen LogP contribution >= 0.6 is 0 Å². The van der Waals surface area contributed by atoms with Crippen molar-refractivity contribution in [2.24, 2.45) is 0 Å². The second-order valence-electron chi connectivity index (χ2n) is 3.73. The zero-order valence-corrected chi connectivity index (χ0v) is 10.0. The number of carbonyl (C=O) groups is 1. The molecule has 0 fully saturated rings. The lowest BCUT2D eigenvalue weighted by Crippen LogP contribution is -2.26. The third-order valence-corrected chi connectivity index (χ3v) is 2.52. The van der Waals surface area contributed by atoms with Crippen LogP contribution in [0.15, 0.2) is 18.2 Å². The Morgan fingerprint density at radius 1 is 1.59 bits per heavy atom. The Bertz CT molecular complexity index is 450. The number of nitriles is 1. The van der Waals surface area contributed by atoms with Gasteiger partial charge in [-0.3, -0.25) is 4.79 Å². The van der Waals surface area contributed by atoms with Gasteiger partial charge in [-0.05, 0) is 18.2 Å². The summed E-state index contributed by atoms with van der Waals surface area (Å²) in [5, 5.41) is 11.3. The van der Waals surface area contributed by atoms with Crippen LogP contribution in [0.4, 0.5) is 11.4 Å². The number of hydrogen-bond acceptors (Lipinski definition) is 4. The highest BCUT2D eigenvalue weighted by atomic mass is 16.1. The molecule has 0 aliphatic rings. The van der Waals surface area contributed by atoms with Crippen molar-refractivity contribution in [1.29, 1.82) is 5.26 Å². The van der Waals surface area contributed by atoms with Gasteiger partial charge < -0.3 is 16.0 Å². The summed E-state index contributed by atoms with van der Waals surface area (Å²) < 4.78 is 0. The molecular weight excluding hydrogens is 216 g/mol. The summed E-state index contributed by atoms with van der Waals surface area (Å²) in [6.07, 6.45) is 0.409. The van der Waals surface area contributed by atoms with E-state index in [1.165, 1.54) is 0 Å². The predicted octanol–water partition coefficient (Wildman–Crippen LogP) is 0.713. The predicted molar refractivity (Wildman–Crippen MR) is 67.5 cm³/mol. The lowest BCUT2D eigenvalue weighted by atomic mass is 10.1. The largest absolute Gasteiger partial charge is 0.397 e. The van der Waals surface area contributed by atoms with Crippen molar-refractivity contribution in [1.82, 2.24) is 5.32 Å². The van der Waals surface area contributed by atoms with Crippen LogP contribution in [-0.2, 0) is 4.79 Å². The molecule has 3 N–H and O–H groups in total. The van der Waals surface area contributed by atoms with E-state index in [0.29, 0.717) is 24.2 Å². The van der Waals surface area contributed by atoms with E-state index in [1.54, 1.807) is 25.2 Å². The number of nitrogens with one attached hydrogen (secondary N) is 1. The number of amides is 1. The van der Waals surface area contributed by atoms with Gasteiger partial charge in [0.15, 0.2) is 0 Å². The molecule has 5 nitrogen and oxygen atoms in total. The van der Waals surface area contributed by atoms with E-state index in [9.17, 15) is 4.79 Å². The molecule has 0 bridgehead atoms. The van der Waals surface area contributed by atoms with Gasteiger partial charge in [-0.1, -0.05) is 0 Å². The molecule has 0 aromatic heterocycles. The number of carbonyl (C=O) groups excluding carboxylic acids is 1. The van der Waals surface area contributed by atoms with Crippen molar-refractivity contribution in [3.8, 4) is 6.07 Å². The summed E-state index contributed by atoms with van der Waals surface area (Å²) in [6, 6.07) is 7.16. The van der Waals surface area contributed by atoms with Crippen LogP contribution in [0.1, 0.15) is 12.0 Å². The third-order valence-electron chi connectivity index (χ3n) is 2.52. The van der Waals surface area contributed by atoms with E-state index < -0.39 is 0 Å². The Morgan fingerprint density at radius 2 is 2.29 bits per heavy atom. The molecule has 0 unspecified atom stereocenters. The van der Waals surface area contributed by atoms with Crippen molar-refractivity contribution >= 4 is 17.3 Å². The number of nitrogen functional groups attached to an aromatic ring is 1. The van der Waals surface area contributed by atoms with Crippen LogP contribution in [0.25, 0.3) is 0 Å². The Kier molecular flexibility index (Phi) is 4.35. The molecule has 1 rings (SSSR count). The number of nitrogens with two attached hydrogens (primary N) is 1. The zero-order chi connectivity index (χ0) is 12.8. The van der Waals surface area contributed by atoms with Crippen molar-refractivity contribution in [3.05, 3.63) is 23.8 Å². The minimum Gasteiger partial charge on any atom is -0.397 e. The van der Waals surface area contributed by atoms with E-state index in [0.717, 1.165) is 5.69 Å². The maximum atomic E-state index is 11.1. The molecule has 1 aromatic carbocycles. The molecule has 1 aromatic rings. The van der Waals surface area contributed by atoms with Crippen molar-refractivity contribution in [2.45, 2.75) is 6.42 Å². The number of rotatable bonds is 4. The van der Waals surface area contributed by atoms with Crippen LogP contribution < -0.4 is 16.0 Å². The summed E-state index contributed by atoms with van der Waals surface area (Å²) in [5.74, 6) is -0.0101. The standard InChI is InChI=1S/C12H16N4O/c1-15-12(17)5-6-16(2)11-4-3-9(8-13)7-10(11)14/h3-4,7H,5-6,14H2,1-2H3,(H,15,17). The molecule has 1 amide bonds. The SMILES string of the molecule is CNC(=O)CCN(C)c1ccc(C#N)cc1N. The first-order valence-corrected chi connectivity index (χ1v) is 5.30. The number of benzene rings is 1. The van der Waals surface area contributed by atoms with Gasteiger partial charge in [0.05, 0.1) is 23.0 Å². The second kappa shape index (κ2) is 5.75. The number of nitrogens with zero attached hydrogens (tertiary/aromatic N) is 2. The highest BCUT2D eigenvalue weighted by molar-refractivity contribution is 5.77. The van der Waals surface area contributed by atoms with E-state index in [2.05, 4.69) is 5.32 Å². The normalized spacial score (nSPS) is 9.47. The van der Waals surface area contributed by atoms with Crippen molar-refractivity contribution in [3.63, 3.8) is 0 Å². The highest BCUT2D eigenvalue weighted by Gasteiger charge is 2.07. The molecule has 0 radical (unpaired) electrons. The van der Waals surface area contributed by atoms with Gasteiger partial charge in [0.25, 0.3) is 0 Å². The molecular formula is C12H16N4O. The van der Waals surface area contributed by atoms with Gasteiger partial charge in [0, 0.05) is 27.1 Å². The summed E-state index contributed by atoms with van der Waals surface area (Å²) in [4.78, 5) is 13.0.